The van der Waals surface area contributed by atoms with Gasteiger partial charge in [-0.1, -0.05) is 30.3 Å². The first-order valence-corrected chi connectivity index (χ1v) is 13.3. The number of nitrogens with one attached hydrogen (secondary N) is 1. The minimum Gasteiger partial charge on any atom is -0.459 e. The number of carbonyl (C=O) groups is 2. The van der Waals surface area contributed by atoms with Crippen LogP contribution in [0.2, 0.25) is 0 Å². The van der Waals surface area contributed by atoms with E-state index in [4.69, 9.17) is 9.72 Å². The summed E-state index contributed by atoms with van der Waals surface area (Å²) in [4.78, 5) is 32.8. The van der Waals surface area contributed by atoms with Crippen LogP contribution < -0.4 is 5.32 Å². The van der Waals surface area contributed by atoms with Crippen molar-refractivity contribution in [3.05, 3.63) is 81.2 Å². The zero-order chi connectivity index (χ0) is 25.4. The number of benzene rings is 2. The highest BCUT2D eigenvalue weighted by Crippen LogP contribution is 2.39. The molecular weight excluding hydrogens is 468 g/mol. The Morgan fingerprint density at radius 2 is 1.78 bits per heavy atom. The van der Waals surface area contributed by atoms with E-state index in [1.807, 2.05) is 50.2 Å². The lowest BCUT2D eigenvalue weighted by molar-refractivity contribution is 0.0378. The summed E-state index contributed by atoms with van der Waals surface area (Å²) in [5.74, 6) is -0.619. The number of aryl methyl sites for hydroxylation is 3. The predicted octanol–water partition coefficient (Wildman–Crippen LogP) is 7.28. The molecule has 1 aliphatic rings. The molecule has 0 aliphatic heterocycles. The Balaban J connectivity index is 1.58. The summed E-state index contributed by atoms with van der Waals surface area (Å²) < 4.78 is 5.56. The number of aromatic nitrogens is 1. The number of amides is 1. The number of hydrogen-bond acceptors (Lipinski definition) is 5. The predicted molar refractivity (Wildman–Crippen MR) is 146 cm³/mol. The molecule has 1 amide bonds. The molecule has 4 aromatic rings. The monoisotopic (exact) mass is 498 g/mol. The lowest BCUT2D eigenvalue weighted by atomic mass is 9.95. The van der Waals surface area contributed by atoms with Crippen LogP contribution in [0.3, 0.4) is 0 Å². The van der Waals surface area contributed by atoms with Crippen molar-refractivity contribution in [3.8, 4) is 11.3 Å². The standard InChI is InChI=1S/C30H30N2O3S/c1-17(2)35-30(34)27-22-10-6-8-12-26(22)36-29(27)32-28(33)23-16-25(20-14-13-18(3)19(4)15-20)31-24-11-7-5-9-21(23)24/h5,7,9,11,13-17H,6,8,10,12H2,1-4H3,(H,32,33). The number of pyridine rings is 1. The Bertz CT molecular complexity index is 1490. The number of anilines is 1. The molecule has 0 saturated carbocycles. The Morgan fingerprint density at radius 1 is 1.00 bits per heavy atom. The minimum atomic E-state index is -0.366. The first-order chi connectivity index (χ1) is 17.3. The van der Waals surface area contributed by atoms with Gasteiger partial charge in [0.25, 0.3) is 5.91 Å². The van der Waals surface area contributed by atoms with Crippen molar-refractivity contribution in [1.29, 1.82) is 0 Å². The number of nitrogens with zero attached hydrogens (tertiary/aromatic N) is 1. The second kappa shape index (κ2) is 9.86. The molecule has 184 valence electrons. The van der Waals surface area contributed by atoms with Crippen LogP contribution in [0.25, 0.3) is 22.2 Å². The van der Waals surface area contributed by atoms with Gasteiger partial charge >= 0.3 is 5.97 Å². The van der Waals surface area contributed by atoms with Gasteiger partial charge in [0.15, 0.2) is 0 Å². The first-order valence-electron chi connectivity index (χ1n) is 12.5. The van der Waals surface area contributed by atoms with E-state index in [1.54, 1.807) is 0 Å². The zero-order valence-corrected chi connectivity index (χ0v) is 21.9. The molecule has 0 bridgehead atoms. The largest absolute Gasteiger partial charge is 0.459 e. The minimum absolute atomic E-state index is 0.232. The third-order valence-corrected chi connectivity index (χ3v) is 7.92. The number of ether oxygens (including phenoxy) is 1. The van der Waals surface area contributed by atoms with Crippen LogP contribution in [0.1, 0.15) is 69.0 Å². The number of rotatable bonds is 5. The van der Waals surface area contributed by atoms with Crippen molar-refractivity contribution < 1.29 is 14.3 Å². The summed E-state index contributed by atoms with van der Waals surface area (Å²) in [6.07, 6.45) is 3.65. The fraction of sp³-hybridized carbons (Fsp3) is 0.300. The van der Waals surface area contributed by atoms with E-state index in [1.165, 1.54) is 27.3 Å². The molecule has 2 aromatic heterocycles. The normalized spacial score (nSPS) is 13.0. The van der Waals surface area contributed by atoms with Crippen molar-refractivity contribution in [1.82, 2.24) is 4.98 Å². The highest BCUT2D eigenvalue weighted by Gasteiger charge is 2.28. The molecule has 5 nitrogen and oxygen atoms in total. The van der Waals surface area contributed by atoms with Gasteiger partial charge in [-0.3, -0.25) is 4.79 Å². The Labute approximate surface area is 215 Å². The molecule has 1 aliphatic carbocycles. The highest BCUT2D eigenvalue weighted by molar-refractivity contribution is 7.17. The Hall–Kier alpha value is -3.51. The molecule has 2 aromatic carbocycles. The Kier molecular flexibility index (Phi) is 6.63. The van der Waals surface area contributed by atoms with Crippen LogP contribution in [0, 0.1) is 13.8 Å². The van der Waals surface area contributed by atoms with Gasteiger partial charge in [-0.25, -0.2) is 9.78 Å². The number of thiophene rings is 1. The van der Waals surface area contributed by atoms with E-state index in [9.17, 15) is 9.59 Å². The number of fused-ring (bicyclic) bond motifs is 2. The van der Waals surface area contributed by atoms with Gasteiger partial charge in [-0.15, -0.1) is 11.3 Å². The molecule has 0 spiro atoms. The van der Waals surface area contributed by atoms with Crippen LogP contribution in [-0.4, -0.2) is 23.0 Å². The molecule has 0 radical (unpaired) electrons. The summed E-state index contributed by atoms with van der Waals surface area (Å²) in [5.41, 5.74) is 6.92. The second-order valence-corrected chi connectivity index (χ2v) is 10.8. The number of carbonyl (C=O) groups excluding carboxylic acids is 2. The van der Waals surface area contributed by atoms with Crippen molar-refractivity contribution in [2.45, 2.75) is 59.5 Å². The third kappa shape index (κ3) is 4.65. The van der Waals surface area contributed by atoms with Gasteiger partial charge in [0.2, 0.25) is 0 Å². The van der Waals surface area contributed by atoms with E-state index >= 15 is 0 Å². The number of para-hydroxylation sites is 1. The van der Waals surface area contributed by atoms with Gasteiger partial charge in [-0.05, 0) is 88.3 Å². The molecule has 2 heterocycles. The maximum Gasteiger partial charge on any atom is 0.341 e. The summed E-state index contributed by atoms with van der Waals surface area (Å²) in [5, 5.41) is 4.43. The third-order valence-electron chi connectivity index (χ3n) is 6.71. The van der Waals surface area contributed by atoms with E-state index < -0.39 is 0 Å². The van der Waals surface area contributed by atoms with Gasteiger partial charge in [0.05, 0.1) is 28.4 Å². The van der Waals surface area contributed by atoms with Gasteiger partial charge < -0.3 is 10.1 Å². The highest BCUT2D eigenvalue weighted by atomic mass is 32.1. The van der Waals surface area contributed by atoms with E-state index in [0.29, 0.717) is 16.1 Å². The maximum absolute atomic E-state index is 13.8. The van der Waals surface area contributed by atoms with Crippen LogP contribution in [-0.2, 0) is 17.6 Å². The van der Waals surface area contributed by atoms with Gasteiger partial charge in [0.1, 0.15) is 5.00 Å². The fourth-order valence-electron chi connectivity index (χ4n) is 4.73. The van der Waals surface area contributed by atoms with Crippen LogP contribution in [0.15, 0.2) is 48.5 Å². The fourth-order valence-corrected chi connectivity index (χ4v) is 6.00. The van der Waals surface area contributed by atoms with E-state index in [2.05, 4.69) is 31.3 Å². The molecule has 5 rings (SSSR count). The van der Waals surface area contributed by atoms with Crippen molar-refractivity contribution in [2.75, 3.05) is 5.32 Å². The molecular formula is C30H30N2O3S. The summed E-state index contributed by atoms with van der Waals surface area (Å²) in [6, 6.07) is 15.7. The molecule has 0 fully saturated rings. The zero-order valence-electron chi connectivity index (χ0n) is 21.1. The van der Waals surface area contributed by atoms with Crippen LogP contribution in [0.4, 0.5) is 5.00 Å². The Morgan fingerprint density at radius 3 is 2.56 bits per heavy atom. The molecule has 36 heavy (non-hydrogen) atoms. The lowest BCUT2D eigenvalue weighted by Crippen LogP contribution is -2.18. The topological polar surface area (TPSA) is 68.3 Å². The summed E-state index contributed by atoms with van der Waals surface area (Å²) in [7, 11) is 0. The van der Waals surface area contributed by atoms with Gasteiger partial charge in [0, 0.05) is 15.8 Å². The first kappa shape index (κ1) is 24.2. The quantitative estimate of drug-likeness (QED) is 0.294. The molecule has 6 heteroatoms. The maximum atomic E-state index is 13.8. The average Bonchev–Trinajstić information content (AvgIpc) is 3.22. The van der Waals surface area contributed by atoms with Crippen molar-refractivity contribution >= 4 is 39.1 Å². The van der Waals surface area contributed by atoms with Crippen molar-refractivity contribution in [2.24, 2.45) is 0 Å². The van der Waals surface area contributed by atoms with E-state index in [-0.39, 0.29) is 18.0 Å². The summed E-state index contributed by atoms with van der Waals surface area (Å²) >= 11 is 1.50. The number of hydrogen-bond donors (Lipinski definition) is 1. The van der Waals surface area contributed by atoms with Gasteiger partial charge in [-0.2, -0.15) is 0 Å². The van der Waals surface area contributed by atoms with Crippen LogP contribution in [0.5, 0.6) is 0 Å². The van der Waals surface area contributed by atoms with Crippen LogP contribution >= 0.6 is 11.3 Å². The second-order valence-electron chi connectivity index (χ2n) is 9.69. The number of esters is 1. The SMILES string of the molecule is Cc1ccc(-c2cc(C(=O)Nc3sc4c(c3C(=O)OC(C)C)CCCC4)c3ccccc3n2)cc1C. The average molecular weight is 499 g/mol. The summed E-state index contributed by atoms with van der Waals surface area (Å²) in [6.45, 7) is 7.83. The lowest BCUT2D eigenvalue weighted by Gasteiger charge is -2.14. The molecule has 0 atom stereocenters. The molecule has 0 unspecified atom stereocenters. The van der Waals surface area contributed by atoms with Crippen molar-refractivity contribution in [3.63, 3.8) is 0 Å². The molecule has 1 N–H and O–H groups in total. The molecule has 0 saturated heterocycles. The van der Waals surface area contributed by atoms with E-state index in [0.717, 1.165) is 53.4 Å². The smallest absolute Gasteiger partial charge is 0.341 e.